The van der Waals surface area contributed by atoms with Crippen molar-refractivity contribution in [3.05, 3.63) is 0 Å². The molecule has 7 heteroatoms. The minimum Gasteiger partial charge on any atom is -0.435 e. The van der Waals surface area contributed by atoms with Crippen LogP contribution in [0.3, 0.4) is 0 Å². The van der Waals surface area contributed by atoms with Gasteiger partial charge in [0.15, 0.2) is 0 Å². The Kier molecular flexibility index (Phi) is 31.5. The van der Waals surface area contributed by atoms with Crippen LogP contribution in [0.25, 0.3) is 0 Å². The van der Waals surface area contributed by atoms with E-state index in [1.54, 1.807) is 0 Å². The van der Waals surface area contributed by atoms with Gasteiger partial charge in [-0.1, -0.05) is 44.6 Å². The van der Waals surface area contributed by atoms with Crippen LogP contribution in [0.2, 0.25) is 39.3 Å². The lowest BCUT2D eigenvalue weighted by atomic mass is 11.7. The molecule has 0 saturated heterocycles. The molecule has 0 saturated carbocycles. The van der Waals surface area contributed by atoms with E-state index in [1.165, 1.54) is 0 Å². The fourth-order valence-electron chi connectivity index (χ4n) is 1.42. The number of hydrogen-bond donors (Lipinski definition) is 2. The van der Waals surface area contributed by atoms with Crippen molar-refractivity contribution in [2.75, 3.05) is 12.5 Å². The summed E-state index contributed by atoms with van der Waals surface area (Å²) in [5, 5.41) is 18.4. The molecule has 0 aliphatic heterocycles. The molecule has 0 aliphatic rings. The van der Waals surface area contributed by atoms with Crippen LogP contribution in [0.5, 0.6) is 0 Å². The molecule has 0 spiro atoms. The Hall–Kier alpha value is 0.491. The van der Waals surface area contributed by atoms with Crippen molar-refractivity contribution in [1.82, 2.24) is 0 Å². The third-order valence-corrected chi connectivity index (χ3v) is 11.7. The summed E-state index contributed by atoms with van der Waals surface area (Å²) in [4.78, 5) is 0. The Labute approximate surface area is 140 Å². The van der Waals surface area contributed by atoms with Gasteiger partial charge in [-0.15, -0.1) is 0 Å². The normalized spacial score (nSPS) is 10.3. The van der Waals surface area contributed by atoms with E-state index in [4.69, 9.17) is 8.23 Å². The van der Waals surface area contributed by atoms with E-state index in [9.17, 15) is 10.2 Å². The molecule has 4 nitrogen and oxygen atoms in total. The van der Waals surface area contributed by atoms with Gasteiger partial charge in [0.25, 0.3) is 0 Å². The fourth-order valence-corrected chi connectivity index (χ4v) is 13.1. The highest BCUT2D eigenvalue weighted by Crippen LogP contribution is 2.19. The maximum Gasteiger partial charge on any atom is 0.311 e. The van der Waals surface area contributed by atoms with Crippen molar-refractivity contribution in [2.45, 2.75) is 83.8 Å². The van der Waals surface area contributed by atoms with Gasteiger partial charge in [-0.3, -0.25) is 0 Å². The Morgan fingerprint density at radius 1 is 0.571 bits per heavy atom. The smallest absolute Gasteiger partial charge is 0.311 e. The van der Waals surface area contributed by atoms with Crippen molar-refractivity contribution >= 4 is 25.2 Å². The van der Waals surface area contributed by atoms with Gasteiger partial charge in [0.2, 0.25) is 16.6 Å². The molecule has 0 aromatic heterocycles. The summed E-state index contributed by atoms with van der Waals surface area (Å²) < 4.78 is 11.9. The van der Waals surface area contributed by atoms with Crippen LogP contribution in [0.15, 0.2) is 0 Å². The minimum atomic E-state index is -2.21. The Bertz CT molecular complexity index is 190. The quantitative estimate of drug-likeness (QED) is 0.650. The first-order chi connectivity index (χ1) is 6.54. The van der Waals surface area contributed by atoms with Crippen molar-refractivity contribution in [3.8, 4) is 0 Å². The molecule has 0 rings (SSSR count). The molecular weight excluding hydrogens is 316 g/mol. The molecule has 0 aliphatic carbocycles. The van der Waals surface area contributed by atoms with E-state index in [0.717, 1.165) is 0 Å². The predicted octanol–water partition coefficient (Wildman–Crippen LogP) is 5.01. The highest BCUT2D eigenvalue weighted by atomic mass is 28.5. The number of rotatable bonds is 6. The molecule has 0 bridgehead atoms. The van der Waals surface area contributed by atoms with Crippen LogP contribution in [0.4, 0.5) is 0 Å². The van der Waals surface area contributed by atoms with Crippen LogP contribution in [0.1, 0.15) is 44.6 Å². The molecule has 140 valence electrons. The van der Waals surface area contributed by atoms with Gasteiger partial charge in [0.1, 0.15) is 0 Å². The molecule has 21 heavy (non-hydrogen) atoms. The van der Waals surface area contributed by atoms with Crippen LogP contribution in [-0.4, -0.2) is 47.9 Å². The summed E-state index contributed by atoms with van der Waals surface area (Å²) >= 11 is 0. The molecule has 0 amide bonds. The highest BCUT2D eigenvalue weighted by molar-refractivity contribution is 6.87. The maximum atomic E-state index is 9.18. The molecule has 0 fully saturated rings. The van der Waals surface area contributed by atoms with Gasteiger partial charge in [0.05, 0.1) is 12.5 Å². The zero-order chi connectivity index (χ0) is 12.3. The fraction of sp³-hybridized carbons (Fsp3) is 1.00. The molecule has 0 aromatic rings. The van der Waals surface area contributed by atoms with Crippen LogP contribution >= 0.6 is 0 Å². The van der Waals surface area contributed by atoms with Crippen molar-refractivity contribution in [2.24, 2.45) is 0 Å². The third-order valence-electron chi connectivity index (χ3n) is 1.81. The van der Waals surface area contributed by atoms with Crippen LogP contribution in [0, 0.1) is 0 Å². The number of aliphatic hydroxyl groups is 2. The topological polar surface area (TPSA) is 58.9 Å². The van der Waals surface area contributed by atoms with E-state index in [-0.39, 0.29) is 57.0 Å². The monoisotopic (exact) mass is 364 g/mol. The summed E-state index contributed by atoms with van der Waals surface area (Å²) in [6.45, 7) is 11.8. The lowest BCUT2D eigenvalue weighted by Gasteiger charge is -2.37. The number of hydrogen-bond acceptors (Lipinski definition) is 4. The molecule has 0 aromatic carbocycles. The lowest BCUT2D eigenvalue weighted by Crippen LogP contribution is -2.55. The van der Waals surface area contributed by atoms with E-state index in [1.807, 2.05) is 39.3 Å². The summed E-state index contributed by atoms with van der Waals surface area (Å²) in [6, 6.07) is 0. The first-order valence-electron chi connectivity index (χ1n) is 5.16. The summed E-state index contributed by atoms with van der Waals surface area (Å²) in [5.41, 5.74) is 0. The summed E-state index contributed by atoms with van der Waals surface area (Å²) in [6.07, 6.45) is 0.210. The second-order valence-electron chi connectivity index (χ2n) is 5.44. The SMILES string of the molecule is C.C.C.C.C.C.C[Si](C)(CO)O[Si](C)(C)O[Si](C)(C)CO. The van der Waals surface area contributed by atoms with Crippen molar-refractivity contribution in [1.29, 1.82) is 0 Å². The Balaban J connectivity index is -0.0000000653. The van der Waals surface area contributed by atoms with E-state index < -0.39 is 25.2 Å². The minimum absolute atomic E-state index is 0. The molecular formula is C14H48O4Si3. The summed E-state index contributed by atoms with van der Waals surface area (Å²) in [5.74, 6) is 0. The maximum absolute atomic E-state index is 9.18. The van der Waals surface area contributed by atoms with Gasteiger partial charge < -0.3 is 18.4 Å². The van der Waals surface area contributed by atoms with Gasteiger partial charge in [-0.25, -0.2) is 0 Å². The van der Waals surface area contributed by atoms with E-state index >= 15 is 0 Å². The largest absolute Gasteiger partial charge is 0.435 e. The molecule has 0 unspecified atom stereocenters. The van der Waals surface area contributed by atoms with Gasteiger partial charge >= 0.3 is 8.56 Å². The average molecular weight is 365 g/mol. The lowest BCUT2D eigenvalue weighted by molar-refractivity contribution is 0.298. The van der Waals surface area contributed by atoms with Crippen LogP contribution < -0.4 is 0 Å². The molecule has 0 radical (unpaired) electrons. The molecule has 0 atom stereocenters. The summed E-state index contributed by atoms with van der Waals surface area (Å²) in [7, 11) is -6.20. The van der Waals surface area contributed by atoms with Crippen molar-refractivity contribution < 1.29 is 18.4 Å². The van der Waals surface area contributed by atoms with E-state index in [2.05, 4.69) is 0 Å². The zero-order valence-electron chi connectivity index (χ0n) is 10.6. The van der Waals surface area contributed by atoms with E-state index in [0.29, 0.717) is 0 Å². The van der Waals surface area contributed by atoms with Crippen LogP contribution in [-0.2, 0) is 8.23 Å². The Morgan fingerprint density at radius 3 is 0.905 bits per heavy atom. The second kappa shape index (κ2) is 15.4. The third kappa shape index (κ3) is 20.5. The zero-order valence-corrected chi connectivity index (χ0v) is 13.6. The first-order valence-corrected chi connectivity index (χ1v) is 14.2. The van der Waals surface area contributed by atoms with Gasteiger partial charge in [0, 0.05) is 0 Å². The van der Waals surface area contributed by atoms with Gasteiger partial charge in [-0.2, -0.15) is 0 Å². The van der Waals surface area contributed by atoms with Gasteiger partial charge in [-0.05, 0) is 39.3 Å². The predicted molar refractivity (Wildman–Crippen MR) is 109 cm³/mol. The molecule has 0 heterocycles. The molecule has 2 N–H and O–H groups in total. The first kappa shape index (κ1) is 43.0. The highest BCUT2D eigenvalue weighted by Gasteiger charge is 2.39. The number of aliphatic hydroxyl groups excluding tert-OH is 2. The standard InChI is InChI=1S/C8H24O4Si3.6CH4/c1-13(2,7-9)11-15(5,6)12-14(3,4)8-10;;;;;;/h9-10H,7-8H2,1-6H3;6*1H4. The average Bonchev–Trinajstić information content (AvgIpc) is 2.00. The second-order valence-corrected chi connectivity index (χ2v) is 17.5. The Morgan fingerprint density at radius 2 is 0.762 bits per heavy atom. The van der Waals surface area contributed by atoms with Crippen molar-refractivity contribution in [3.63, 3.8) is 0 Å².